The van der Waals surface area contributed by atoms with E-state index < -0.39 is 9.84 Å². The first-order valence-corrected chi connectivity index (χ1v) is 13.3. The Morgan fingerprint density at radius 1 is 0.778 bits per heavy atom. The van der Waals surface area contributed by atoms with Gasteiger partial charge in [0.15, 0.2) is 9.84 Å². The van der Waals surface area contributed by atoms with Crippen LogP contribution in [0.3, 0.4) is 0 Å². The Balaban J connectivity index is 1.58. The van der Waals surface area contributed by atoms with Crippen molar-refractivity contribution in [3.05, 3.63) is 115 Å². The summed E-state index contributed by atoms with van der Waals surface area (Å²) in [5.41, 5.74) is 13.1. The number of H-pyrrole nitrogens is 1. The second-order valence-electron chi connectivity index (χ2n) is 8.84. The van der Waals surface area contributed by atoms with E-state index >= 15 is 0 Å². The summed E-state index contributed by atoms with van der Waals surface area (Å²) in [7, 11) is -3.47. The van der Waals surface area contributed by atoms with Crippen LogP contribution in [0.25, 0.3) is 44.2 Å². The minimum absolute atomic E-state index is 0.0780. The van der Waals surface area contributed by atoms with Crippen molar-refractivity contribution >= 4 is 37.5 Å². The number of nitrogens with zero attached hydrogens (tertiary/aromatic N) is 1. The molecular weight excluding hydrogens is 466 g/mol. The van der Waals surface area contributed by atoms with Crippen LogP contribution in [-0.2, 0) is 15.6 Å². The predicted octanol–water partition coefficient (Wildman–Crippen LogP) is 6.61. The Labute approximate surface area is 209 Å². The lowest BCUT2D eigenvalue weighted by atomic mass is 9.92. The largest absolute Gasteiger partial charge is 0.399 e. The number of anilines is 1. The molecule has 0 aliphatic carbocycles. The molecular formula is C30H23N3O2S. The molecule has 6 rings (SSSR count). The molecule has 0 saturated heterocycles. The number of nitrogens with one attached hydrogen (secondary N) is 1. The molecule has 0 bridgehead atoms. The van der Waals surface area contributed by atoms with Crippen LogP contribution < -0.4 is 5.73 Å². The summed E-state index contributed by atoms with van der Waals surface area (Å²) in [5.74, 6) is -0.0780. The van der Waals surface area contributed by atoms with Gasteiger partial charge in [0.1, 0.15) is 5.65 Å². The summed E-state index contributed by atoms with van der Waals surface area (Å²) in [6, 6.07) is 32.3. The maximum Gasteiger partial charge on any atom is 0.182 e. The van der Waals surface area contributed by atoms with Gasteiger partial charge < -0.3 is 10.7 Å². The Hall–Kier alpha value is -4.42. The molecule has 6 aromatic rings. The van der Waals surface area contributed by atoms with Gasteiger partial charge in [-0.1, -0.05) is 66.7 Å². The number of fused-ring (bicyclic) bond motifs is 3. The SMILES string of the molecule is Nc1ccc(-c2cnc3[nH]c4ccc(CS(=O)(=O)c5ccccc5)cc4c3c2-c2ccccc2)cc1. The number of nitrogen functional groups attached to an aromatic ring is 1. The molecule has 176 valence electrons. The van der Waals surface area contributed by atoms with Gasteiger partial charge in [-0.3, -0.25) is 0 Å². The van der Waals surface area contributed by atoms with Crippen LogP contribution in [-0.4, -0.2) is 18.4 Å². The molecule has 0 atom stereocenters. The van der Waals surface area contributed by atoms with Crippen LogP contribution in [0.1, 0.15) is 5.56 Å². The lowest BCUT2D eigenvalue weighted by molar-refractivity contribution is 0.595. The summed E-state index contributed by atoms with van der Waals surface area (Å²) >= 11 is 0. The zero-order valence-electron chi connectivity index (χ0n) is 19.3. The van der Waals surface area contributed by atoms with E-state index in [1.165, 1.54) is 0 Å². The Kier molecular flexibility index (Phi) is 5.31. The molecule has 0 fully saturated rings. The number of benzene rings is 4. The van der Waals surface area contributed by atoms with Gasteiger partial charge in [-0.2, -0.15) is 0 Å². The molecule has 2 aromatic heterocycles. The highest BCUT2D eigenvalue weighted by atomic mass is 32.2. The van der Waals surface area contributed by atoms with E-state index in [0.717, 1.165) is 49.8 Å². The molecule has 5 nitrogen and oxygen atoms in total. The second kappa shape index (κ2) is 8.66. The number of nitrogens with two attached hydrogens (primary N) is 1. The molecule has 0 radical (unpaired) electrons. The average Bonchev–Trinajstić information content (AvgIpc) is 3.27. The van der Waals surface area contributed by atoms with E-state index in [1.54, 1.807) is 24.3 Å². The molecule has 0 amide bonds. The second-order valence-corrected chi connectivity index (χ2v) is 10.8. The van der Waals surface area contributed by atoms with E-state index in [1.807, 2.05) is 72.9 Å². The molecule has 0 aliphatic rings. The third-order valence-corrected chi connectivity index (χ3v) is 8.13. The van der Waals surface area contributed by atoms with Gasteiger partial charge >= 0.3 is 0 Å². The fraction of sp³-hybridized carbons (Fsp3) is 0.0333. The Morgan fingerprint density at radius 3 is 2.19 bits per heavy atom. The van der Waals surface area contributed by atoms with Gasteiger partial charge in [0.25, 0.3) is 0 Å². The molecule has 0 spiro atoms. The van der Waals surface area contributed by atoms with E-state index in [4.69, 9.17) is 10.7 Å². The van der Waals surface area contributed by atoms with Gasteiger partial charge in [0.2, 0.25) is 0 Å². The molecule has 2 heterocycles. The van der Waals surface area contributed by atoms with Crippen LogP contribution in [0.15, 0.2) is 114 Å². The van der Waals surface area contributed by atoms with Gasteiger partial charge in [0.05, 0.1) is 10.6 Å². The zero-order chi connectivity index (χ0) is 24.7. The van der Waals surface area contributed by atoms with E-state index in [9.17, 15) is 8.42 Å². The number of hydrogen-bond acceptors (Lipinski definition) is 4. The number of pyridine rings is 1. The quantitative estimate of drug-likeness (QED) is 0.267. The van der Waals surface area contributed by atoms with Crippen LogP contribution in [0.5, 0.6) is 0 Å². The van der Waals surface area contributed by atoms with Crippen molar-refractivity contribution in [1.29, 1.82) is 0 Å². The van der Waals surface area contributed by atoms with Crippen molar-refractivity contribution in [2.24, 2.45) is 0 Å². The van der Waals surface area contributed by atoms with Crippen LogP contribution in [0.2, 0.25) is 0 Å². The summed E-state index contributed by atoms with van der Waals surface area (Å²) in [6.07, 6.45) is 1.88. The molecule has 0 unspecified atom stereocenters. The number of aromatic amines is 1. The Bertz CT molecular complexity index is 1810. The normalized spacial score (nSPS) is 11.8. The molecule has 4 aromatic carbocycles. The highest BCUT2D eigenvalue weighted by Gasteiger charge is 2.19. The topological polar surface area (TPSA) is 88.8 Å². The lowest BCUT2D eigenvalue weighted by Gasteiger charge is -2.12. The molecule has 0 aliphatic heterocycles. The van der Waals surface area contributed by atoms with Crippen molar-refractivity contribution in [2.75, 3.05) is 5.73 Å². The van der Waals surface area contributed by atoms with Crippen molar-refractivity contribution in [3.8, 4) is 22.3 Å². The molecule has 36 heavy (non-hydrogen) atoms. The van der Waals surface area contributed by atoms with E-state index in [-0.39, 0.29) is 5.75 Å². The van der Waals surface area contributed by atoms with Gasteiger partial charge in [-0.25, -0.2) is 13.4 Å². The maximum atomic E-state index is 13.1. The van der Waals surface area contributed by atoms with E-state index in [0.29, 0.717) is 10.6 Å². The summed E-state index contributed by atoms with van der Waals surface area (Å²) in [4.78, 5) is 8.49. The van der Waals surface area contributed by atoms with Crippen LogP contribution in [0, 0.1) is 0 Å². The third-order valence-electron chi connectivity index (χ3n) is 6.43. The van der Waals surface area contributed by atoms with Crippen molar-refractivity contribution in [2.45, 2.75) is 10.6 Å². The van der Waals surface area contributed by atoms with Gasteiger partial charge in [-0.05, 0) is 53.1 Å². The van der Waals surface area contributed by atoms with Crippen molar-refractivity contribution in [3.63, 3.8) is 0 Å². The van der Waals surface area contributed by atoms with Crippen molar-refractivity contribution in [1.82, 2.24) is 9.97 Å². The first kappa shape index (κ1) is 22.1. The highest BCUT2D eigenvalue weighted by Crippen LogP contribution is 2.41. The zero-order valence-corrected chi connectivity index (χ0v) is 20.2. The summed E-state index contributed by atoms with van der Waals surface area (Å²) in [6.45, 7) is 0. The smallest absolute Gasteiger partial charge is 0.182 e. The monoisotopic (exact) mass is 489 g/mol. The first-order valence-electron chi connectivity index (χ1n) is 11.6. The Morgan fingerprint density at radius 2 is 1.47 bits per heavy atom. The van der Waals surface area contributed by atoms with Crippen LogP contribution >= 0.6 is 0 Å². The highest BCUT2D eigenvalue weighted by molar-refractivity contribution is 7.90. The van der Waals surface area contributed by atoms with Crippen molar-refractivity contribution < 1.29 is 8.42 Å². The lowest BCUT2D eigenvalue weighted by Crippen LogP contribution is -2.04. The minimum Gasteiger partial charge on any atom is -0.399 e. The fourth-order valence-electron chi connectivity index (χ4n) is 4.71. The minimum atomic E-state index is -3.47. The third kappa shape index (κ3) is 3.91. The number of aromatic nitrogens is 2. The number of hydrogen-bond donors (Lipinski definition) is 2. The average molecular weight is 490 g/mol. The molecule has 6 heteroatoms. The standard InChI is InChI=1S/C30H23N3O2S/c31-23-14-12-21(13-15-23)26-18-32-30-29(28(26)22-7-3-1-4-8-22)25-17-20(11-16-27(25)33-30)19-36(34,35)24-9-5-2-6-10-24/h1-18H,19,31H2,(H,32,33). The number of sulfone groups is 1. The van der Waals surface area contributed by atoms with Gasteiger partial charge in [0, 0.05) is 39.3 Å². The summed E-state index contributed by atoms with van der Waals surface area (Å²) < 4.78 is 26.1. The molecule has 0 saturated carbocycles. The number of rotatable bonds is 5. The van der Waals surface area contributed by atoms with E-state index in [2.05, 4.69) is 17.1 Å². The first-order chi connectivity index (χ1) is 17.5. The molecule has 3 N–H and O–H groups in total. The summed E-state index contributed by atoms with van der Waals surface area (Å²) in [5, 5.41) is 1.90. The maximum absolute atomic E-state index is 13.1. The van der Waals surface area contributed by atoms with Crippen LogP contribution in [0.4, 0.5) is 5.69 Å². The van der Waals surface area contributed by atoms with Gasteiger partial charge in [-0.15, -0.1) is 0 Å². The fourth-order valence-corrected chi connectivity index (χ4v) is 6.07. The predicted molar refractivity (Wildman–Crippen MR) is 146 cm³/mol.